The molecule has 0 aromatic rings. The van der Waals surface area contributed by atoms with Crippen LogP contribution >= 0.6 is 11.8 Å². The molecule has 4 heteroatoms. The van der Waals surface area contributed by atoms with Crippen LogP contribution < -0.4 is 11.1 Å². The van der Waals surface area contributed by atoms with Crippen molar-refractivity contribution in [2.24, 2.45) is 5.73 Å². The van der Waals surface area contributed by atoms with Crippen LogP contribution in [-0.2, 0) is 4.79 Å². The zero-order valence-electron chi connectivity index (χ0n) is 7.83. The maximum atomic E-state index is 10.9. The van der Waals surface area contributed by atoms with Crippen LogP contribution in [0, 0.1) is 0 Å². The van der Waals surface area contributed by atoms with Crippen LogP contribution in [0.3, 0.4) is 0 Å². The van der Waals surface area contributed by atoms with Gasteiger partial charge in [-0.15, -0.1) is 0 Å². The summed E-state index contributed by atoms with van der Waals surface area (Å²) in [6.07, 6.45) is 5.23. The van der Waals surface area contributed by atoms with Crippen molar-refractivity contribution >= 4 is 17.7 Å². The fraction of sp³-hybridized carbons (Fsp3) is 0.222. The van der Waals surface area contributed by atoms with Crippen LogP contribution in [0.25, 0.3) is 0 Å². The van der Waals surface area contributed by atoms with Gasteiger partial charge in [-0.1, -0.05) is 30.5 Å². The Bertz CT molecular complexity index is 256. The van der Waals surface area contributed by atoms with Gasteiger partial charge in [-0.05, 0) is 6.92 Å². The van der Waals surface area contributed by atoms with Gasteiger partial charge in [0.1, 0.15) is 0 Å². The predicted molar refractivity (Wildman–Crippen MR) is 57.9 cm³/mol. The molecule has 0 bridgehead atoms. The van der Waals surface area contributed by atoms with Gasteiger partial charge in [-0.2, -0.15) is 0 Å². The Balaban J connectivity index is 4.36. The number of rotatable bonds is 5. The number of nitrogens with two attached hydrogens (primary N) is 1. The molecule has 1 amide bonds. The van der Waals surface area contributed by atoms with Gasteiger partial charge in [0.25, 0.3) is 5.91 Å². The number of carbonyl (C=O) groups excluding carboxylic acids is 1. The molecule has 0 saturated carbocycles. The first-order valence-electron chi connectivity index (χ1n) is 3.78. The summed E-state index contributed by atoms with van der Waals surface area (Å²) < 4.78 is 0. The smallest absolute Gasteiger partial charge is 0.256 e. The SMILES string of the molecule is C=C(/C=C\C)S/C(=C/NC)C(N)=O. The molecule has 3 nitrogen and oxygen atoms in total. The average Bonchev–Trinajstić information content (AvgIpc) is 2.04. The van der Waals surface area contributed by atoms with Crippen molar-refractivity contribution in [3.8, 4) is 0 Å². The Hall–Kier alpha value is -1.16. The highest BCUT2D eigenvalue weighted by Gasteiger charge is 2.05. The van der Waals surface area contributed by atoms with Crippen molar-refractivity contribution in [2.45, 2.75) is 6.92 Å². The largest absolute Gasteiger partial charge is 0.393 e. The average molecular weight is 198 g/mol. The number of nitrogens with one attached hydrogen (secondary N) is 1. The number of primary amides is 1. The minimum atomic E-state index is -0.454. The van der Waals surface area contributed by atoms with Crippen molar-refractivity contribution in [2.75, 3.05) is 7.05 Å². The molecule has 0 atom stereocenters. The summed E-state index contributed by atoms with van der Waals surface area (Å²) in [4.78, 5) is 12.1. The van der Waals surface area contributed by atoms with E-state index in [0.717, 1.165) is 4.91 Å². The Morgan fingerprint density at radius 3 is 2.62 bits per heavy atom. The Kier molecular flexibility index (Phi) is 5.80. The molecule has 0 radical (unpaired) electrons. The maximum absolute atomic E-state index is 10.9. The molecular weight excluding hydrogens is 184 g/mol. The molecule has 0 aromatic heterocycles. The summed E-state index contributed by atoms with van der Waals surface area (Å²) in [6.45, 7) is 5.64. The number of hydrogen-bond acceptors (Lipinski definition) is 3. The summed E-state index contributed by atoms with van der Waals surface area (Å²) >= 11 is 1.24. The van der Waals surface area contributed by atoms with E-state index in [1.54, 1.807) is 13.2 Å². The highest BCUT2D eigenvalue weighted by Crippen LogP contribution is 2.23. The van der Waals surface area contributed by atoms with Crippen molar-refractivity contribution in [1.29, 1.82) is 0 Å². The zero-order chi connectivity index (χ0) is 10.3. The van der Waals surface area contributed by atoms with Gasteiger partial charge in [-0.3, -0.25) is 4.79 Å². The van der Waals surface area contributed by atoms with E-state index in [2.05, 4.69) is 11.9 Å². The van der Waals surface area contributed by atoms with Crippen molar-refractivity contribution in [1.82, 2.24) is 5.32 Å². The molecule has 0 fully saturated rings. The molecule has 0 heterocycles. The third kappa shape index (κ3) is 5.14. The first-order valence-corrected chi connectivity index (χ1v) is 4.60. The predicted octanol–water partition coefficient (Wildman–Crippen LogP) is 1.36. The lowest BCUT2D eigenvalue weighted by Gasteiger charge is -2.01. The molecule has 3 N–H and O–H groups in total. The molecule has 72 valence electrons. The van der Waals surface area contributed by atoms with Crippen LogP contribution in [0.2, 0.25) is 0 Å². The molecular formula is C9H14N2OS. The van der Waals surface area contributed by atoms with Gasteiger partial charge in [0.2, 0.25) is 0 Å². The van der Waals surface area contributed by atoms with E-state index in [9.17, 15) is 4.79 Å². The molecule has 0 rings (SSSR count). The van der Waals surface area contributed by atoms with Crippen LogP contribution in [-0.4, -0.2) is 13.0 Å². The number of hydrogen-bond donors (Lipinski definition) is 2. The number of allylic oxidation sites excluding steroid dienone is 2. The van der Waals surface area contributed by atoms with E-state index in [1.807, 2.05) is 19.1 Å². The Morgan fingerprint density at radius 2 is 2.23 bits per heavy atom. The molecule has 0 aliphatic rings. The molecule has 0 unspecified atom stereocenters. The van der Waals surface area contributed by atoms with E-state index in [1.165, 1.54) is 11.8 Å². The van der Waals surface area contributed by atoms with Crippen molar-refractivity contribution in [3.05, 3.63) is 34.7 Å². The second kappa shape index (κ2) is 6.37. The van der Waals surface area contributed by atoms with Crippen LogP contribution in [0.15, 0.2) is 34.7 Å². The zero-order valence-corrected chi connectivity index (χ0v) is 8.65. The lowest BCUT2D eigenvalue weighted by molar-refractivity contribution is -0.113. The minimum absolute atomic E-state index is 0.450. The minimum Gasteiger partial charge on any atom is -0.393 e. The fourth-order valence-corrected chi connectivity index (χ4v) is 1.41. The summed E-state index contributed by atoms with van der Waals surface area (Å²) in [6, 6.07) is 0. The van der Waals surface area contributed by atoms with Crippen LogP contribution in [0.4, 0.5) is 0 Å². The van der Waals surface area contributed by atoms with Gasteiger partial charge in [-0.25, -0.2) is 0 Å². The highest BCUT2D eigenvalue weighted by molar-refractivity contribution is 8.07. The summed E-state index contributed by atoms with van der Waals surface area (Å²) in [5.41, 5.74) is 5.13. The standard InChI is InChI=1S/C9H14N2OS/c1-4-5-7(2)13-8(6-11-3)9(10)12/h4-6,11H,2H2,1,3H3,(H2,10,12)/b5-4-,8-6+. The van der Waals surface area contributed by atoms with E-state index >= 15 is 0 Å². The second-order valence-corrected chi connectivity index (χ2v) is 3.40. The third-order valence-electron chi connectivity index (χ3n) is 1.11. The number of thioether (sulfide) groups is 1. The molecule has 0 saturated heterocycles. The van der Waals surface area contributed by atoms with Crippen molar-refractivity contribution in [3.63, 3.8) is 0 Å². The number of amides is 1. The molecule has 0 aromatic carbocycles. The second-order valence-electron chi connectivity index (χ2n) is 2.23. The first kappa shape index (κ1) is 11.8. The monoisotopic (exact) mass is 198 g/mol. The topological polar surface area (TPSA) is 55.1 Å². The van der Waals surface area contributed by atoms with Gasteiger partial charge >= 0.3 is 0 Å². The third-order valence-corrected chi connectivity index (χ3v) is 2.05. The quantitative estimate of drug-likeness (QED) is 0.518. The van der Waals surface area contributed by atoms with E-state index in [-0.39, 0.29) is 0 Å². The lowest BCUT2D eigenvalue weighted by Crippen LogP contribution is -2.14. The Morgan fingerprint density at radius 1 is 1.62 bits per heavy atom. The lowest BCUT2D eigenvalue weighted by atomic mass is 10.5. The fourth-order valence-electron chi connectivity index (χ4n) is 0.643. The molecule has 0 spiro atoms. The molecule has 13 heavy (non-hydrogen) atoms. The van der Waals surface area contributed by atoms with E-state index in [4.69, 9.17) is 5.73 Å². The normalized spacial score (nSPS) is 11.7. The van der Waals surface area contributed by atoms with E-state index < -0.39 is 5.91 Å². The van der Waals surface area contributed by atoms with E-state index in [0.29, 0.717) is 4.91 Å². The first-order chi connectivity index (χ1) is 6.11. The summed E-state index contributed by atoms with van der Waals surface area (Å²) in [5, 5.41) is 2.75. The van der Waals surface area contributed by atoms with Crippen molar-refractivity contribution < 1.29 is 4.79 Å². The summed E-state index contributed by atoms with van der Waals surface area (Å²) in [7, 11) is 1.71. The van der Waals surface area contributed by atoms with Crippen LogP contribution in [0.5, 0.6) is 0 Å². The Labute approximate surface area is 82.8 Å². The summed E-state index contributed by atoms with van der Waals surface area (Å²) in [5.74, 6) is -0.454. The van der Waals surface area contributed by atoms with Gasteiger partial charge in [0, 0.05) is 18.2 Å². The van der Waals surface area contributed by atoms with Gasteiger partial charge < -0.3 is 11.1 Å². The molecule has 0 aliphatic carbocycles. The van der Waals surface area contributed by atoms with Gasteiger partial charge in [0.15, 0.2) is 0 Å². The molecule has 0 aliphatic heterocycles. The highest BCUT2D eigenvalue weighted by atomic mass is 32.2. The van der Waals surface area contributed by atoms with Crippen LogP contribution in [0.1, 0.15) is 6.92 Å². The maximum Gasteiger partial charge on any atom is 0.256 e. The van der Waals surface area contributed by atoms with Gasteiger partial charge in [0.05, 0.1) is 4.91 Å². The number of carbonyl (C=O) groups is 1.